The summed E-state index contributed by atoms with van der Waals surface area (Å²) in [6.07, 6.45) is 1.33. The van der Waals surface area contributed by atoms with Crippen LogP contribution in [-0.4, -0.2) is 24.6 Å². The first-order valence-corrected chi connectivity index (χ1v) is 3.54. The van der Waals surface area contributed by atoms with Gasteiger partial charge in [-0.2, -0.15) is 4.98 Å². The molecule has 4 N–H and O–H groups in total. The second-order valence-corrected chi connectivity index (χ2v) is 2.48. The van der Waals surface area contributed by atoms with Crippen molar-refractivity contribution in [1.29, 1.82) is 0 Å². The monoisotopic (exact) mass is 181 g/mol. The highest BCUT2D eigenvalue weighted by Crippen LogP contribution is 2.04. The van der Waals surface area contributed by atoms with E-state index in [4.69, 9.17) is 10.8 Å². The number of nitrogens with two attached hydrogens (primary N) is 1. The molecule has 7 nitrogen and oxygen atoms in total. The molecule has 0 aliphatic carbocycles. The minimum atomic E-state index is -0.408. The minimum Gasteiger partial charge on any atom is -0.376 e. The Morgan fingerprint density at radius 2 is 2.46 bits per heavy atom. The molecule has 2 aromatic rings. The highest BCUT2D eigenvalue weighted by atomic mass is 16.3. The molecular weight excluding hydrogens is 174 g/mol. The Labute approximate surface area is 71.9 Å². The Hall–Kier alpha value is -1.89. The molecule has 0 aromatic carbocycles. The lowest BCUT2D eigenvalue weighted by Crippen LogP contribution is -2.14. The second-order valence-electron chi connectivity index (χ2n) is 2.48. The summed E-state index contributed by atoms with van der Waals surface area (Å²) >= 11 is 0. The molecule has 0 radical (unpaired) electrons. The largest absolute Gasteiger partial charge is 0.376 e. The fraction of sp³-hybridized carbons (Fsp3) is 0.167. The van der Waals surface area contributed by atoms with E-state index < -0.39 is 5.56 Å². The molecule has 0 fully saturated rings. The van der Waals surface area contributed by atoms with E-state index in [1.165, 1.54) is 10.9 Å². The van der Waals surface area contributed by atoms with E-state index in [2.05, 4.69) is 15.0 Å². The van der Waals surface area contributed by atoms with Crippen molar-refractivity contribution < 1.29 is 5.11 Å². The van der Waals surface area contributed by atoms with Crippen molar-refractivity contribution in [2.75, 3.05) is 5.73 Å². The van der Waals surface area contributed by atoms with Gasteiger partial charge in [-0.15, -0.1) is 0 Å². The Kier molecular flexibility index (Phi) is 1.52. The molecule has 0 bridgehead atoms. The van der Waals surface area contributed by atoms with Crippen LogP contribution in [-0.2, 0) is 6.73 Å². The van der Waals surface area contributed by atoms with Crippen molar-refractivity contribution in [3.05, 3.63) is 16.7 Å². The van der Waals surface area contributed by atoms with Gasteiger partial charge in [-0.1, -0.05) is 0 Å². The van der Waals surface area contributed by atoms with Gasteiger partial charge >= 0.3 is 0 Å². The van der Waals surface area contributed by atoms with Gasteiger partial charge in [-0.25, -0.2) is 4.98 Å². The quantitative estimate of drug-likeness (QED) is 0.504. The number of aliphatic hydroxyl groups is 1. The lowest BCUT2D eigenvalue weighted by atomic mass is 10.5. The van der Waals surface area contributed by atoms with Crippen LogP contribution in [0.3, 0.4) is 0 Å². The summed E-state index contributed by atoms with van der Waals surface area (Å²) in [7, 11) is 0. The zero-order valence-electron chi connectivity index (χ0n) is 6.56. The standard InChI is InChI=1S/C6H7N5O2/c7-6-9-4-3(5(13)10-6)11(2-12)1-8-4/h1,12H,2H2,(H3,7,9,10,13). The van der Waals surface area contributed by atoms with Crippen molar-refractivity contribution in [2.45, 2.75) is 6.73 Å². The van der Waals surface area contributed by atoms with E-state index in [0.29, 0.717) is 0 Å². The number of hydrogen-bond acceptors (Lipinski definition) is 5. The van der Waals surface area contributed by atoms with Crippen LogP contribution in [0, 0.1) is 0 Å². The average Bonchev–Trinajstić information content (AvgIpc) is 2.47. The molecular formula is C6H7N5O2. The van der Waals surface area contributed by atoms with Crippen molar-refractivity contribution in [2.24, 2.45) is 0 Å². The van der Waals surface area contributed by atoms with Gasteiger partial charge in [0.2, 0.25) is 5.95 Å². The molecule has 2 heterocycles. The van der Waals surface area contributed by atoms with Crippen LogP contribution < -0.4 is 11.3 Å². The summed E-state index contributed by atoms with van der Waals surface area (Å²) < 4.78 is 1.28. The summed E-state index contributed by atoms with van der Waals surface area (Å²) in [6.45, 7) is -0.314. The number of aliphatic hydroxyl groups excluding tert-OH is 1. The number of anilines is 1. The molecule has 0 spiro atoms. The third kappa shape index (κ3) is 1.05. The van der Waals surface area contributed by atoms with Crippen LogP contribution in [0.5, 0.6) is 0 Å². The number of imidazole rings is 1. The molecule has 2 aromatic heterocycles. The van der Waals surface area contributed by atoms with Crippen molar-refractivity contribution in [3.8, 4) is 0 Å². The predicted molar refractivity (Wildman–Crippen MR) is 44.8 cm³/mol. The molecule has 0 aliphatic heterocycles. The van der Waals surface area contributed by atoms with Crippen molar-refractivity contribution >= 4 is 17.1 Å². The number of aromatic nitrogens is 4. The Morgan fingerprint density at radius 1 is 1.69 bits per heavy atom. The van der Waals surface area contributed by atoms with Crippen LogP contribution in [0.2, 0.25) is 0 Å². The molecule has 13 heavy (non-hydrogen) atoms. The lowest BCUT2D eigenvalue weighted by molar-refractivity contribution is 0.214. The predicted octanol–water partition coefficient (Wildman–Crippen LogP) is -1.35. The van der Waals surface area contributed by atoms with Crippen LogP contribution in [0.1, 0.15) is 0 Å². The highest BCUT2D eigenvalue weighted by molar-refractivity contribution is 5.70. The fourth-order valence-corrected chi connectivity index (χ4v) is 1.11. The molecule has 0 aliphatic rings. The topological polar surface area (TPSA) is 110 Å². The van der Waals surface area contributed by atoms with Crippen LogP contribution in [0.4, 0.5) is 5.95 Å². The molecule has 0 saturated carbocycles. The number of H-pyrrole nitrogens is 1. The number of hydrogen-bond donors (Lipinski definition) is 3. The molecule has 0 unspecified atom stereocenters. The third-order valence-electron chi connectivity index (χ3n) is 1.65. The number of rotatable bonds is 1. The van der Waals surface area contributed by atoms with Gasteiger partial charge in [0.25, 0.3) is 5.56 Å². The van der Waals surface area contributed by atoms with Crippen LogP contribution in [0.25, 0.3) is 11.2 Å². The molecule has 68 valence electrons. The minimum absolute atomic E-state index is 0.0145. The van der Waals surface area contributed by atoms with E-state index >= 15 is 0 Å². The molecule has 7 heteroatoms. The summed E-state index contributed by atoms with van der Waals surface area (Å²) in [6, 6.07) is 0. The van der Waals surface area contributed by atoms with Gasteiger partial charge in [0.05, 0.1) is 6.33 Å². The van der Waals surface area contributed by atoms with Crippen LogP contribution >= 0.6 is 0 Å². The Balaban J connectivity index is 2.90. The maximum atomic E-state index is 11.3. The molecule has 0 amide bonds. The third-order valence-corrected chi connectivity index (χ3v) is 1.65. The van der Waals surface area contributed by atoms with Gasteiger partial charge in [-0.05, 0) is 0 Å². The highest BCUT2D eigenvalue weighted by Gasteiger charge is 2.07. The Bertz CT molecular complexity index is 499. The first kappa shape index (κ1) is 7.74. The zero-order valence-corrected chi connectivity index (χ0v) is 6.56. The SMILES string of the molecule is Nc1nc2ncn(CO)c2c(=O)[nH]1. The van der Waals surface area contributed by atoms with E-state index in [-0.39, 0.29) is 23.8 Å². The number of fused-ring (bicyclic) bond motifs is 1. The van der Waals surface area contributed by atoms with Gasteiger partial charge in [-0.3, -0.25) is 9.78 Å². The fourth-order valence-electron chi connectivity index (χ4n) is 1.11. The Morgan fingerprint density at radius 3 is 3.15 bits per heavy atom. The van der Waals surface area contributed by atoms with E-state index in [1.54, 1.807) is 0 Å². The van der Waals surface area contributed by atoms with Crippen molar-refractivity contribution in [3.63, 3.8) is 0 Å². The summed E-state index contributed by atoms with van der Waals surface area (Å²) in [5.74, 6) is 0.0145. The normalized spacial score (nSPS) is 10.8. The van der Waals surface area contributed by atoms with Gasteiger partial charge in [0, 0.05) is 0 Å². The summed E-state index contributed by atoms with van der Waals surface area (Å²) in [5, 5.41) is 8.83. The van der Waals surface area contributed by atoms with Gasteiger partial charge in [0.15, 0.2) is 11.2 Å². The van der Waals surface area contributed by atoms with Crippen molar-refractivity contribution in [1.82, 2.24) is 19.5 Å². The summed E-state index contributed by atoms with van der Waals surface area (Å²) in [4.78, 5) is 21.2. The molecule has 0 saturated heterocycles. The van der Waals surface area contributed by atoms with Gasteiger partial charge < -0.3 is 15.4 Å². The second kappa shape index (κ2) is 2.56. The van der Waals surface area contributed by atoms with Gasteiger partial charge in [0.1, 0.15) is 6.73 Å². The molecule has 0 atom stereocenters. The number of nitrogens with one attached hydrogen (secondary N) is 1. The van der Waals surface area contributed by atoms with E-state index in [9.17, 15) is 4.79 Å². The maximum Gasteiger partial charge on any atom is 0.278 e. The number of aromatic amines is 1. The maximum absolute atomic E-state index is 11.3. The first-order chi connectivity index (χ1) is 6.22. The average molecular weight is 181 g/mol. The lowest BCUT2D eigenvalue weighted by Gasteiger charge is -1.96. The van der Waals surface area contributed by atoms with E-state index in [1.807, 2.05) is 0 Å². The van der Waals surface area contributed by atoms with E-state index in [0.717, 1.165) is 0 Å². The first-order valence-electron chi connectivity index (χ1n) is 3.54. The number of nitrogen functional groups attached to an aromatic ring is 1. The smallest absolute Gasteiger partial charge is 0.278 e. The van der Waals surface area contributed by atoms with Crippen LogP contribution in [0.15, 0.2) is 11.1 Å². The summed E-state index contributed by atoms with van der Waals surface area (Å²) in [5.41, 5.74) is 5.34. The zero-order chi connectivity index (χ0) is 9.42. The number of nitrogens with zero attached hydrogens (tertiary/aromatic N) is 3. The molecule has 2 rings (SSSR count).